The molecule has 1 N–H and O–H groups in total. The lowest BCUT2D eigenvalue weighted by Gasteiger charge is -2.06. The quantitative estimate of drug-likeness (QED) is 0.735. The van der Waals surface area contributed by atoms with Gasteiger partial charge in [0.2, 0.25) is 5.91 Å². The van der Waals surface area contributed by atoms with Crippen LogP contribution in [-0.4, -0.2) is 10.9 Å². The van der Waals surface area contributed by atoms with Gasteiger partial charge in [-0.05, 0) is 36.2 Å². The Morgan fingerprint density at radius 1 is 1.04 bits per heavy atom. The molecular weight excluding hydrogens is 298 g/mol. The molecule has 1 heterocycles. The summed E-state index contributed by atoms with van der Waals surface area (Å²) in [5.41, 5.74) is 0.997. The molecule has 0 saturated carbocycles. The number of hydrogen-bond acceptors (Lipinski definition) is 2. The van der Waals surface area contributed by atoms with Crippen LogP contribution in [-0.2, 0) is 4.79 Å². The second-order valence-electron chi connectivity index (χ2n) is 5.45. The molecule has 5 heteroatoms. The van der Waals surface area contributed by atoms with Gasteiger partial charge < -0.3 is 5.32 Å². The van der Waals surface area contributed by atoms with Gasteiger partial charge in [-0.3, -0.25) is 4.79 Å². The first-order chi connectivity index (χ1) is 11.1. The second kappa shape index (κ2) is 8.36. The predicted octanol–water partition coefficient (Wildman–Crippen LogP) is 4.94. The lowest BCUT2D eigenvalue weighted by Crippen LogP contribution is -2.12. The average molecular weight is 318 g/mol. The molecule has 0 aliphatic carbocycles. The van der Waals surface area contributed by atoms with Crippen LogP contribution in [0, 0.1) is 11.6 Å². The third-order valence-electron chi connectivity index (χ3n) is 3.48. The van der Waals surface area contributed by atoms with Gasteiger partial charge in [-0.15, -0.1) is 0 Å². The fraction of sp³-hybridized carbons (Fsp3) is 0.333. The third-order valence-corrected chi connectivity index (χ3v) is 3.48. The van der Waals surface area contributed by atoms with Gasteiger partial charge in [0.1, 0.15) is 17.5 Å². The Labute approximate surface area is 134 Å². The number of anilines is 1. The van der Waals surface area contributed by atoms with Crippen molar-refractivity contribution in [2.75, 3.05) is 5.32 Å². The summed E-state index contributed by atoms with van der Waals surface area (Å²) in [5, 5.41) is 2.72. The zero-order chi connectivity index (χ0) is 16.7. The molecule has 0 saturated heterocycles. The van der Waals surface area contributed by atoms with Crippen molar-refractivity contribution in [1.82, 2.24) is 4.98 Å². The van der Waals surface area contributed by atoms with Crippen molar-refractivity contribution >= 4 is 11.7 Å². The van der Waals surface area contributed by atoms with Crippen molar-refractivity contribution in [2.45, 2.75) is 39.0 Å². The highest BCUT2D eigenvalue weighted by Crippen LogP contribution is 2.22. The van der Waals surface area contributed by atoms with Crippen LogP contribution in [0.15, 0.2) is 36.5 Å². The summed E-state index contributed by atoms with van der Waals surface area (Å²) < 4.78 is 26.4. The van der Waals surface area contributed by atoms with Gasteiger partial charge in [0, 0.05) is 24.2 Å². The van der Waals surface area contributed by atoms with Crippen LogP contribution in [0.3, 0.4) is 0 Å². The van der Waals surface area contributed by atoms with Gasteiger partial charge in [0.15, 0.2) is 0 Å². The Balaban J connectivity index is 1.95. The highest BCUT2D eigenvalue weighted by molar-refractivity contribution is 5.89. The largest absolute Gasteiger partial charge is 0.311 e. The van der Waals surface area contributed by atoms with Crippen molar-refractivity contribution in [3.8, 4) is 11.1 Å². The molecule has 0 spiro atoms. The number of rotatable bonds is 7. The first-order valence-electron chi connectivity index (χ1n) is 7.81. The maximum atomic E-state index is 13.2. The average Bonchev–Trinajstić information content (AvgIpc) is 2.51. The lowest BCUT2D eigenvalue weighted by molar-refractivity contribution is -0.116. The van der Waals surface area contributed by atoms with Gasteiger partial charge >= 0.3 is 0 Å². The van der Waals surface area contributed by atoms with E-state index >= 15 is 0 Å². The fourth-order valence-corrected chi connectivity index (χ4v) is 2.28. The Bertz CT molecular complexity index is 636. The van der Waals surface area contributed by atoms with Gasteiger partial charge in [-0.2, -0.15) is 0 Å². The van der Waals surface area contributed by atoms with E-state index in [2.05, 4.69) is 17.2 Å². The molecule has 1 aromatic carbocycles. The summed E-state index contributed by atoms with van der Waals surface area (Å²) in [6.45, 7) is 2.12. The Kier molecular flexibility index (Phi) is 6.20. The second-order valence-corrected chi connectivity index (χ2v) is 5.45. The van der Waals surface area contributed by atoms with E-state index < -0.39 is 11.6 Å². The van der Waals surface area contributed by atoms with Crippen molar-refractivity contribution in [1.29, 1.82) is 0 Å². The summed E-state index contributed by atoms with van der Waals surface area (Å²) in [4.78, 5) is 15.9. The molecule has 23 heavy (non-hydrogen) atoms. The summed E-state index contributed by atoms with van der Waals surface area (Å²) >= 11 is 0. The predicted molar refractivity (Wildman–Crippen MR) is 87.0 cm³/mol. The van der Waals surface area contributed by atoms with Crippen LogP contribution >= 0.6 is 0 Å². The summed E-state index contributed by atoms with van der Waals surface area (Å²) in [7, 11) is 0. The minimum absolute atomic E-state index is 0.0712. The molecule has 0 unspecified atom stereocenters. The van der Waals surface area contributed by atoms with Crippen LogP contribution in [0.1, 0.15) is 39.0 Å². The molecule has 3 nitrogen and oxygen atoms in total. The normalized spacial score (nSPS) is 10.6. The number of nitrogens with one attached hydrogen (secondary N) is 1. The van der Waals surface area contributed by atoms with Crippen LogP contribution < -0.4 is 5.32 Å². The molecule has 1 amide bonds. The van der Waals surface area contributed by atoms with Gasteiger partial charge in [-0.1, -0.05) is 26.2 Å². The molecule has 2 rings (SSSR count). The Morgan fingerprint density at radius 2 is 1.78 bits per heavy atom. The highest BCUT2D eigenvalue weighted by atomic mass is 19.1. The molecular formula is C18H20F2N2O. The number of unbranched alkanes of at least 4 members (excludes halogenated alkanes) is 3. The van der Waals surface area contributed by atoms with Crippen molar-refractivity contribution in [3.63, 3.8) is 0 Å². The molecule has 0 bridgehead atoms. The molecule has 1 aromatic heterocycles. The smallest absolute Gasteiger partial charge is 0.225 e. The van der Waals surface area contributed by atoms with E-state index in [1.165, 1.54) is 18.3 Å². The number of carbonyl (C=O) groups is 1. The molecule has 0 aliphatic rings. The topological polar surface area (TPSA) is 42.0 Å². The fourth-order valence-electron chi connectivity index (χ4n) is 2.28. The van der Waals surface area contributed by atoms with Crippen LogP contribution in [0.5, 0.6) is 0 Å². The maximum Gasteiger partial charge on any atom is 0.225 e. The number of benzene rings is 1. The minimum atomic E-state index is -0.635. The molecule has 122 valence electrons. The van der Waals surface area contributed by atoms with E-state index in [-0.39, 0.29) is 5.91 Å². The lowest BCUT2D eigenvalue weighted by atomic mass is 10.1. The number of halogens is 2. The molecule has 0 fully saturated rings. The number of pyridine rings is 1. The Hall–Kier alpha value is -2.30. The standard InChI is InChI=1S/C18H20F2N2O/c1-2-3-4-5-6-18(23)22-17-8-7-13(12-21-17)14-9-15(19)11-16(20)10-14/h7-12H,2-6H2,1H3,(H,21,22,23). The first-order valence-corrected chi connectivity index (χ1v) is 7.81. The van der Waals surface area contributed by atoms with Gasteiger partial charge in [0.25, 0.3) is 0 Å². The molecule has 0 atom stereocenters. The van der Waals surface area contributed by atoms with Gasteiger partial charge in [-0.25, -0.2) is 13.8 Å². The van der Waals surface area contributed by atoms with E-state index in [1.807, 2.05) is 0 Å². The number of carbonyl (C=O) groups excluding carboxylic acids is 1. The van der Waals surface area contributed by atoms with Crippen LogP contribution in [0.4, 0.5) is 14.6 Å². The summed E-state index contributed by atoms with van der Waals surface area (Å²) in [5.74, 6) is -0.904. The number of nitrogens with zero attached hydrogens (tertiary/aromatic N) is 1. The zero-order valence-corrected chi connectivity index (χ0v) is 13.1. The van der Waals surface area contributed by atoms with E-state index in [4.69, 9.17) is 0 Å². The van der Waals surface area contributed by atoms with Crippen LogP contribution in [0.25, 0.3) is 11.1 Å². The van der Waals surface area contributed by atoms with Crippen LogP contribution in [0.2, 0.25) is 0 Å². The molecule has 2 aromatic rings. The minimum Gasteiger partial charge on any atom is -0.311 e. The van der Waals surface area contributed by atoms with E-state index in [0.29, 0.717) is 23.4 Å². The highest BCUT2D eigenvalue weighted by Gasteiger charge is 2.06. The Morgan fingerprint density at radius 3 is 2.39 bits per heavy atom. The van der Waals surface area contributed by atoms with Crippen molar-refractivity contribution in [2.24, 2.45) is 0 Å². The number of amides is 1. The van der Waals surface area contributed by atoms with Crippen molar-refractivity contribution in [3.05, 3.63) is 48.2 Å². The number of hydrogen-bond donors (Lipinski definition) is 1. The number of aromatic nitrogens is 1. The monoisotopic (exact) mass is 318 g/mol. The summed E-state index contributed by atoms with van der Waals surface area (Å²) in [6, 6.07) is 6.61. The maximum absolute atomic E-state index is 13.2. The zero-order valence-electron chi connectivity index (χ0n) is 13.1. The van der Waals surface area contributed by atoms with E-state index in [1.54, 1.807) is 12.1 Å². The molecule has 0 aliphatic heterocycles. The first kappa shape index (κ1) is 17.1. The van der Waals surface area contributed by atoms with E-state index in [0.717, 1.165) is 31.7 Å². The third kappa shape index (κ3) is 5.43. The van der Waals surface area contributed by atoms with Gasteiger partial charge in [0.05, 0.1) is 0 Å². The summed E-state index contributed by atoms with van der Waals surface area (Å²) in [6.07, 6.45) is 6.12. The van der Waals surface area contributed by atoms with E-state index in [9.17, 15) is 13.6 Å². The molecule has 0 radical (unpaired) electrons. The van der Waals surface area contributed by atoms with Crippen molar-refractivity contribution < 1.29 is 13.6 Å². The SMILES string of the molecule is CCCCCCC(=O)Nc1ccc(-c2cc(F)cc(F)c2)cn1.